The fourth-order valence-corrected chi connectivity index (χ4v) is 4.11. The van der Waals surface area contributed by atoms with Gasteiger partial charge in [-0.3, -0.25) is 4.79 Å². The number of carbonyl (C=O) groups is 1. The lowest BCUT2D eigenvalue weighted by molar-refractivity contribution is -0.130. The molecule has 1 aromatic rings. The highest BCUT2D eigenvalue weighted by Gasteiger charge is 2.27. The molecule has 1 atom stereocenters. The largest absolute Gasteiger partial charge is 0.374 e. The second kappa shape index (κ2) is 7.16. The summed E-state index contributed by atoms with van der Waals surface area (Å²) in [4.78, 5) is 14.4. The van der Waals surface area contributed by atoms with Crippen molar-refractivity contribution in [3.05, 3.63) is 29.8 Å². The van der Waals surface area contributed by atoms with E-state index in [0.717, 1.165) is 31.6 Å². The fraction of sp³-hybridized carbons (Fsp3) is 0.667. The van der Waals surface area contributed by atoms with Crippen molar-refractivity contribution in [3.63, 3.8) is 0 Å². The van der Waals surface area contributed by atoms with Crippen LogP contribution in [0.4, 0.5) is 5.69 Å². The maximum absolute atomic E-state index is 12.4. The molecule has 1 N–H and O–H groups in total. The van der Waals surface area contributed by atoms with Crippen LogP contribution in [-0.4, -0.2) is 29.9 Å². The van der Waals surface area contributed by atoms with E-state index in [1.54, 1.807) is 0 Å². The van der Waals surface area contributed by atoms with E-state index in [9.17, 15) is 4.79 Å². The lowest BCUT2D eigenvalue weighted by Gasteiger charge is -2.34. The van der Waals surface area contributed by atoms with Crippen molar-refractivity contribution in [3.8, 4) is 0 Å². The highest BCUT2D eigenvalue weighted by molar-refractivity contribution is 5.84. The Morgan fingerprint density at radius 2 is 1.71 bits per heavy atom. The summed E-state index contributed by atoms with van der Waals surface area (Å²) in [7, 11) is 0. The SMILES string of the molecule is CC(Nc1ccc(C2CCC(C)(C)CC2)cc1)C(=O)N1CCCC1. The van der Waals surface area contributed by atoms with Crippen molar-refractivity contribution in [2.75, 3.05) is 18.4 Å². The Hall–Kier alpha value is -1.51. The van der Waals surface area contributed by atoms with Crippen LogP contribution in [0.25, 0.3) is 0 Å². The van der Waals surface area contributed by atoms with Crippen LogP contribution in [-0.2, 0) is 4.79 Å². The van der Waals surface area contributed by atoms with Crippen molar-refractivity contribution < 1.29 is 4.79 Å². The Morgan fingerprint density at radius 3 is 2.29 bits per heavy atom. The molecule has 1 amide bonds. The van der Waals surface area contributed by atoms with Gasteiger partial charge in [0, 0.05) is 18.8 Å². The van der Waals surface area contributed by atoms with E-state index in [1.165, 1.54) is 31.2 Å². The molecule has 0 spiro atoms. The summed E-state index contributed by atoms with van der Waals surface area (Å²) < 4.78 is 0. The van der Waals surface area contributed by atoms with Crippen molar-refractivity contribution >= 4 is 11.6 Å². The number of rotatable bonds is 4. The highest BCUT2D eigenvalue weighted by Crippen LogP contribution is 2.42. The number of likely N-dealkylation sites (tertiary alicyclic amines) is 1. The molecule has 0 radical (unpaired) electrons. The third-order valence-corrected chi connectivity index (χ3v) is 5.89. The van der Waals surface area contributed by atoms with Crippen molar-refractivity contribution in [1.82, 2.24) is 4.90 Å². The van der Waals surface area contributed by atoms with Crippen LogP contribution >= 0.6 is 0 Å². The van der Waals surface area contributed by atoms with Gasteiger partial charge in [0.1, 0.15) is 6.04 Å². The molecule has 2 aliphatic rings. The van der Waals surface area contributed by atoms with Gasteiger partial charge < -0.3 is 10.2 Å². The molecule has 3 nitrogen and oxygen atoms in total. The first kappa shape index (κ1) is 17.3. The summed E-state index contributed by atoms with van der Waals surface area (Å²) >= 11 is 0. The zero-order chi connectivity index (χ0) is 17.2. The summed E-state index contributed by atoms with van der Waals surface area (Å²) in [5.41, 5.74) is 3.02. The number of anilines is 1. The predicted molar refractivity (Wildman–Crippen MR) is 100 cm³/mol. The summed E-state index contributed by atoms with van der Waals surface area (Å²) in [6.07, 6.45) is 7.52. The molecule has 1 aliphatic carbocycles. The smallest absolute Gasteiger partial charge is 0.244 e. The molecule has 1 aromatic carbocycles. The average Bonchev–Trinajstić information content (AvgIpc) is 3.09. The van der Waals surface area contributed by atoms with Crippen LogP contribution < -0.4 is 5.32 Å². The van der Waals surface area contributed by atoms with Gasteiger partial charge in [-0.25, -0.2) is 0 Å². The van der Waals surface area contributed by atoms with Crippen LogP contribution in [0.2, 0.25) is 0 Å². The second-order valence-electron chi connectivity index (χ2n) is 8.46. The standard InChI is InChI=1S/C21H32N2O/c1-16(20(24)23-14-4-5-15-23)22-19-8-6-17(7-9-19)18-10-12-21(2,3)13-11-18/h6-9,16,18,22H,4-5,10-15H2,1-3H3. The Kier molecular flexibility index (Phi) is 5.17. The summed E-state index contributed by atoms with van der Waals surface area (Å²) in [6, 6.07) is 8.63. The number of nitrogens with zero attached hydrogens (tertiary/aromatic N) is 1. The van der Waals surface area contributed by atoms with E-state index in [0.29, 0.717) is 11.3 Å². The van der Waals surface area contributed by atoms with Gasteiger partial charge in [0.15, 0.2) is 0 Å². The van der Waals surface area contributed by atoms with Crippen molar-refractivity contribution in [2.24, 2.45) is 5.41 Å². The van der Waals surface area contributed by atoms with E-state index in [2.05, 4.69) is 43.4 Å². The first-order valence-electron chi connectivity index (χ1n) is 9.60. The lowest BCUT2D eigenvalue weighted by Crippen LogP contribution is -2.39. The molecule has 132 valence electrons. The fourth-order valence-electron chi connectivity index (χ4n) is 4.11. The van der Waals surface area contributed by atoms with Gasteiger partial charge >= 0.3 is 0 Å². The van der Waals surface area contributed by atoms with Crippen molar-refractivity contribution in [1.29, 1.82) is 0 Å². The van der Waals surface area contributed by atoms with Gasteiger partial charge in [-0.05, 0) is 74.5 Å². The third kappa shape index (κ3) is 4.12. The van der Waals surface area contributed by atoms with E-state index < -0.39 is 0 Å². The minimum atomic E-state index is -0.149. The topological polar surface area (TPSA) is 32.3 Å². The first-order valence-corrected chi connectivity index (χ1v) is 9.60. The van der Waals surface area contributed by atoms with E-state index >= 15 is 0 Å². The normalized spacial score (nSPS) is 22.4. The van der Waals surface area contributed by atoms with Gasteiger partial charge in [-0.15, -0.1) is 0 Å². The molecule has 0 aromatic heterocycles. The van der Waals surface area contributed by atoms with Crippen LogP contribution in [0.1, 0.15) is 70.8 Å². The lowest BCUT2D eigenvalue weighted by atomic mass is 9.71. The molecule has 2 fully saturated rings. The van der Waals surface area contributed by atoms with Crippen LogP contribution in [0, 0.1) is 5.41 Å². The van der Waals surface area contributed by atoms with Gasteiger partial charge in [0.05, 0.1) is 0 Å². The Balaban J connectivity index is 1.55. The number of benzene rings is 1. The quantitative estimate of drug-likeness (QED) is 0.861. The van der Waals surface area contributed by atoms with E-state index in [-0.39, 0.29) is 11.9 Å². The molecule has 0 bridgehead atoms. The number of hydrogen-bond donors (Lipinski definition) is 1. The molecular formula is C21H32N2O. The Bertz CT molecular complexity index is 548. The van der Waals surface area contributed by atoms with E-state index in [4.69, 9.17) is 0 Å². The predicted octanol–water partition coefficient (Wildman–Crippen LogP) is 4.79. The van der Waals surface area contributed by atoms with Crippen LogP contribution in [0.5, 0.6) is 0 Å². The van der Waals surface area contributed by atoms with Gasteiger partial charge in [0.25, 0.3) is 0 Å². The van der Waals surface area contributed by atoms with Gasteiger partial charge in [0.2, 0.25) is 5.91 Å². The zero-order valence-electron chi connectivity index (χ0n) is 15.5. The molecule has 3 heteroatoms. The zero-order valence-corrected chi connectivity index (χ0v) is 15.5. The van der Waals surface area contributed by atoms with Gasteiger partial charge in [-0.2, -0.15) is 0 Å². The minimum absolute atomic E-state index is 0.149. The molecule has 1 aliphatic heterocycles. The van der Waals surface area contributed by atoms with Gasteiger partial charge in [-0.1, -0.05) is 26.0 Å². The number of hydrogen-bond acceptors (Lipinski definition) is 2. The van der Waals surface area contributed by atoms with Crippen LogP contribution in [0.3, 0.4) is 0 Å². The van der Waals surface area contributed by atoms with E-state index in [1.807, 2.05) is 11.8 Å². The molecule has 3 rings (SSSR count). The molecule has 24 heavy (non-hydrogen) atoms. The number of amides is 1. The van der Waals surface area contributed by atoms with Crippen molar-refractivity contribution in [2.45, 2.75) is 71.3 Å². The number of carbonyl (C=O) groups excluding carboxylic acids is 1. The summed E-state index contributed by atoms with van der Waals surface area (Å²) in [5, 5.41) is 3.37. The summed E-state index contributed by atoms with van der Waals surface area (Å²) in [6.45, 7) is 8.57. The third-order valence-electron chi connectivity index (χ3n) is 5.89. The average molecular weight is 329 g/mol. The molecular weight excluding hydrogens is 296 g/mol. The second-order valence-corrected chi connectivity index (χ2v) is 8.46. The maximum Gasteiger partial charge on any atom is 0.244 e. The Morgan fingerprint density at radius 1 is 1.12 bits per heavy atom. The maximum atomic E-state index is 12.4. The molecule has 1 saturated carbocycles. The first-order chi connectivity index (χ1) is 11.4. The summed E-state index contributed by atoms with van der Waals surface area (Å²) in [5.74, 6) is 0.932. The molecule has 1 heterocycles. The minimum Gasteiger partial charge on any atom is -0.374 e. The highest BCUT2D eigenvalue weighted by atomic mass is 16.2. The molecule has 1 saturated heterocycles. The number of nitrogens with one attached hydrogen (secondary N) is 1. The monoisotopic (exact) mass is 328 g/mol. The Labute approximate surface area is 146 Å². The van der Waals surface area contributed by atoms with Crippen LogP contribution in [0.15, 0.2) is 24.3 Å². The molecule has 1 unspecified atom stereocenters.